The molecule has 5 rings (SSSR count). The molecule has 0 aliphatic carbocycles. The van der Waals surface area contributed by atoms with Gasteiger partial charge in [0.2, 0.25) is 5.95 Å². The Bertz CT molecular complexity index is 1060. The summed E-state index contributed by atoms with van der Waals surface area (Å²) in [5.74, 6) is 1.46. The van der Waals surface area contributed by atoms with Crippen LogP contribution in [-0.4, -0.2) is 64.7 Å². The molecule has 1 saturated heterocycles. The summed E-state index contributed by atoms with van der Waals surface area (Å²) in [6.45, 7) is 7.73. The van der Waals surface area contributed by atoms with Gasteiger partial charge >= 0.3 is 0 Å². The van der Waals surface area contributed by atoms with Crippen molar-refractivity contribution in [2.45, 2.75) is 19.4 Å². The lowest BCUT2D eigenvalue weighted by atomic mass is 10.0. The topological polar surface area (TPSA) is 75.0 Å². The molecular weight excluding hydrogens is 380 g/mol. The molecule has 1 aromatic carbocycles. The lowest BCUT2D eigenvalue weighted by molar-refractivity contribution is 0.0924. The van der Waals surface area contributed by atoms with E-state index in [0.717, 1.165) is 56.4 Å². The number of amides is 1. The van der Waals surface area contributed by atoms with Crippen LogP contribution in [0.3, 0.4) is 0 Å². The zero-order valence-corrected chi connectivity index (χ0v) is 17.1. The van der Waals surface area contributed by atoms with Crippen molar-refractivity contribution >= 4 is 17.5 Å². The Morgan fingerprint density at radius 1 is 1.20 bits per heavy atom. The Balaban J connectivity index is 1.32. The van der Waals surface area contributed by atoms with Gasteiger partial charge in [0, 0.05) is 49.9 Å². The van der Waals surface area contributed by atoms with E-state index in [4.69, 9.17) is 4.74 Å². The highest BCUT2D eigenvalue weighted by Crippen LogP contribution is 2.31. The monoisotopic (exact) mass is 406 g/mol. The number of anilines is 1. The molecule has 1 amide bonds. The average Bonchev–Trinajstić information content (AvgIpc) is 3.23. The molecule has 0 unspecified atom stereocenters. The molecular formula is C22H26N6O2. The predicted molar refractivity (Wildman–Crippen MR) is 114 cm³/mol. The third-order valence-electron chi connectivity index (χ3n) is 5.95. The van der Waals surface area contributed by atoms with Crippen LogP contribution in [0.1, 0.15) is 35.3 Å². The number of carbonyl (C=O) groups is 1. The minimum absolute atomic E-state index is 0.0537. The molecule has 0 bridgehead atoms. The van der Waals surface area contributed by atoms with Crippen LogP contribution in [0.5, 0.6) is 5.75 Å². The summed E-state index contributed by atoms with van der Waals surface area (Å²) in [4.78, 5) is 22.2. The number of rotatable bonds is 4. The van der Waals surface area contributed by atoms with E-state index in [0.29, 0.717) is 17.8 Å². The average molecular weight is 406 g/mol. The van der Waals surface area contributed by atoms with E-state index in [-0.39, 0.29) is 11.9 Å². The number of pyridine rings is 1. The smallest absolute Gasteiger partial charge is 0.251 e. The quantitative estimate of drug-likeness (QED) is 0.716. The number of para-hydroxylation sites is 1. The van der Waals surface area contributed by atoms with Gasteiger partial charge in [-0.05, 0) is 24.7 Å². The van der Waals surface area contributed by atoms with Crippen LogP contribution in [0.2, 0.25) is 0 Å². The van der Waals surface area contributed by atoms with E-state index in [2.05, 4.69) is 32.1 Å². The molecule has 2 aromatic heterocycles. The zero-order valence-electron chi connectivity index (χ0n) is 17.1. The second-order valence-electron chi connectivity index (χ2n) is 7.75. The molecule has 2 aliphatic heterocycles. The molecule has 1 fully saturated rings. The third-order valence-corrected chi connectivity index (χ3v) is 5.95. The summed E-state index contributed by atoms with van der Waals surface area (Å²) >= 11 is 0. The van der Waals surface area contributed by atoms with Gasteiger partial charge in [-0.1, -0.05) is 25.1 Å². The van der Waals surface area contributed by atoms with Crippen LogP contribution in [0.15, 0.2) is 42.6 Å². The van der Waals surface area contributed by atoms with Crippen molar-refractivity contribution in [3.8, 4) is 5.75 Å². The first-order chi connectivity index (χ1) is 14.7. The van der Waals surface area contributed by atoms with Gasteiger partial charge < -0.3 is 19.9 Å². The Labute approximate surface area is 175 Å². The number of nitrogens with zero attached hydrogens (tertiary/aromatic N) is 5. The molecule has 2 aliphatic rings. The number of carbonyl (C=O) groups excluding carboxylic acids is 1. The van der Waals surface area contributed by atoms with Crippen LogP contribution in [-0.2, 0) is 0 Å². The van der Waals surface area contributed by atoms with Gasteiger partial charge in [0.05, 0.1) is 12.6 Å². The van der Waals surface area contributed by atoms with E-state index < -0.39 is 0 Å². The maximum Gasteiger partial charge on any atom is 0.251 e. The summed E-state index contributed by atoms with van der Waals surface area (Å²) in [5, 5.41) is 7.74. The van der Waals surface area contributed by atoms with Crippen LogP contribution < -0.4 is 15.0 Å². The van der Waals surface area contributed by atoms with Crippen LogP contribution in [0.4, 0.5) is 5.95 Å². The van der Waals surface area contributed by atoms with Gasteiger partial charge in [0.25, 0.3) is 5.91 Å². The largest absolute Gasteiger partial charge is 0.493 e. The number of fused-ring (bicyclic) bond motifs is 2. The van der Waals surface area contributed by atoms with Gasteiger partial charge in [-0.25, -0.2) is 4.52 Å². The summed E-state index contributed by atoms with van der Waals surface area (Å²) in [7, 11) is 0. The second kappa shape index (κ2) is 7.95. The molecule has 4 heterocycles. The Kier molecular flexibility index (Phi) is 5.00. The van der Waals surface area contributed by atoms with Crippen molar-refractivity contribution in [1.82, 2.24) is 24.8 Å². The lowest BCUT2D eigenvalue weighted by Crippen LogP contribution is -2.46. The minimum Gasteiger partial charge on any atom is -0.493 e. The second-order valence-corrected chi connectivity index (χ2v) is 7.75. The number of piperazine rings is 1. The predicted octanol–water partition coefficient (Wildman–Crippen LogP) is 2.12. The molecule has 0 spiro atoms. The van der Waals surface area contributed by atoms with Crippen LogP contribution in [0.25, 0.3) is 5.65 Å². The fourth-order valence-electron chi connectivity index (χ4n) is 4.14. The van der Waals surface area contributed by atoms with Gasteiger partial charge in [0.15, 0.2) is 5.65 Å². The number of nitrogens with one attached hydrogen (secondary N) is 1. The zero-order chi connectivity index (χ0) is 20.5. The summed E-state index contributed by atoms with van der Waals surface area (Å²) < 4.78 is 7.43. The van der Waals surface area contributed by atoms with E-state index in [9.17, 15) is 4.79 Å². The van der Waals surface area contributed by atoms with E-state index in [1.807, 2.05) is 24.3 Å². The van der Waals surface area contributed by atoms with Gasteiger partial charge in [-0.15, -0.1) is 5.10 Å². The van der Waals surface area contributed by atoms with Crippen LogP contribution in [0, 0.1) is 0 Å². The van der Waals surface area contributed by atoms with Gasteiger partial charge in [-0.2, -0.15) is 4.98 Å². The normalized spacial score (nSPS) is 19.4. The third kappa shape index (κ3) is 3.59. The molecule has 8 heteroatoms. The number of hydrogen-bond acceptors (Lipinski definition) is 6. The fraction of sp³-hybridized carbons (Fsp3) is 0.409. The minimum atomic E-state index is -0.111. The van der Waals surface area contributed by atoms with Gasteiger partial charge in [-0.3, -0.25) is 4.79 Å². The highest BCUT2D eigenvalue weighted by Gasteiger charge is 2.24. The van der Waals surface area contributed by atoms with E-state index in [1.54, 1.807) is 22.8 Å². The van der Waals surface area contributed by atoms with Crippen molar-refractivity contribution in [3.63, 3.8) is 0 Å². The van der Waals surface area contributed by atoms with Crippen LogP contribution >= 0.6 is 0 Å². The Morgan fingerprint density at radius 2 is 2.03 bits per heavy atom. The summed E-state index contributed by atoms with van der Waals surface area (Å²) in [6.07, 6.45) is 2.56. The van der Waals surface area contributed by atoms with E-state index >= 15 is 0 Å². The first-order valence-electron chi connectivity index (χ1n) is 10.6. The molecule has 8 nitrogen and oxygen atoms in total. The lowest BCUT2D eigenvalue weighted by Gasteiger charge is -2.33. The molecule has 30 heavy (non-hydrogen) atoms. The van der Waals surface area contributed by atoms with Gasteiger partial charge in [0.1, 0.15) is 5.75 Å². The molecule has 1 N–H and O–H groups in total. The standard InChI is InChI=1S/C22H26N6O2/c1-2-26-10-12-27(13-11-26)22-24-20-15-16(7-9-28(20)25-22)21(29)23-18-8-14-30-19-6-4-3-5-17(18)19/h3-7,9,15,18H,2,8,10-14H2,1H3,(H,23,29)/t18-/m0/s1. The van der Waals surface area contributed by atoms with Crippen molar-refractivity contribution < 1.29 is 9.53 Å². The maximum atomic E-state index is 12.9. The Morgan fingerprint density at radius 3 is 2.87 bits per heavy atom. The fourth-order valence-corrected chi connectivity index (χ4v) is 4.14. The first kappa shape index (κ1) is 18.9. The molecule has 3 aromatic rings. The summed E-state index contributed by atoms with van der Waals surface area (Å²) in [5.41, 5.74) is 2.29. The van der Waals surface area contributed by atoms with Crippen molar-refractivity contribution in [2.24, 2.45) is 0 Å². The van der Waals surface area contributed by atoms with Crippen molar-refractivity contribution in [3.05, 3.63) is 53.7 Å². The number of likely N-dealkylation sites (N-methyl/N-ethyl adjacent to an activating group) is 1. The van der Waals surface area contributed by atoms with Crippen molar-refractivity contribution in [1.29, 1.82) is 0 Å². The molecule has 0 radical (unpaired) electrons. The highest BCUT2D eigenvalue weighted by molar-refractivity contribution is 5.95. The van der Waals surface area contributed by atoms with Crippen molar-refractivity contribution in [2.75, 3.05) is 44.2 Å². The molecule has 0 saturated carbocycles. The number of ether oxygens (including phenoxy) is 1. The highest BCUT2D eigenvalue weighted by atomic mass is 16.5. The Hall–Kier alpha value is -3.13. The number of hydrogen-bond donors (Lipinski definition) is 1. The number of benzene rings is 1. The molecule has 156 valence electrons. The first-order valence-corrected chi connectivity index (χ1v) is 10.6. The SMILES string of the molecule is CCN1CCN(c2nc3cc(C(=O)N[C@H]4CCOc5ccccc54)ccn3n2)CC1. The summed E-state index contributed by atoms with van der Waals surface area (Å²) in [6, 6.07) is 11.4. The number of aromatic nitrogens is 3. The molecule has 1 atom stereocenters. The van der Waals surface area contributed by atoms with E-state index in [1.165, 1.54) is 0 Å². The maximum absolute atomic E-state index is 12.9.